The van der Waals surface area contributed by atoms with E-state index in [-0.39, 0.29) is 11.7 Å². The minimum atomic E-state index is -0.199. The molecule has 0 aliphatic rings. The Bertz CT molecular complexity index is 674. The lowest BCUT2D eigenvalue weighted by molar-refractivity contribution is 0.0988. The fraction of sp³-hybridized carbons (Fsp3) is 0.125. The summed E-state index contributed by atoms with van der Waals surface area (Å²) in [6, 6.07) is 15.1. The second-order valence-corrected chi connectivity index (χ2v) is 4.26. The molecule has 2 aromatic rings. The Morgan fingerprint density at radius 3 is 2.65 bits per heavy atom. The molecule has 0 saturated carbocycles. The molecule has 4 nitrogen and oxygen atoms in total. The molecule has 0 unspecified atom stereocenters. The summed E-state index contributed by atoms with van der Waals surface area (Å²) in [6.45, 7) is 2.33. The number of rotatable bonds is 3. The van der Waals surface area contributed by atoms with Crippen LogP contribution < -0.4 is 4.90 Å². The first kappa shape index (κ1) is 13.6. The molecule has 4 heteroatoms. The van der Waals surface area contributed by atoms with E-state index in [9.17, 15) is 9.90 Å². The summed E-state index contributed by atoms with van der Waals surface area (Å²) in [5.74, 6) is -0.0882. The number of aromatic hydroxyl groups is 1. The molecule has 0 heterocycles. The maximum atomic E-state index is 12.5. The number of carbonyl (C=O) groups is 1. The molecule has 0 fully saturated rings. The van der Waals surface area contributed by atoms with Crippen molar-refractivity contribution in [3.05, 3.63) is 59.7 Å². The van der Waals surface area contributed by atoms with Gasteiger partial charge in [-0.3, -0.25) is 4.79 Å². The molecule has 1 amide bonds. The molecule has 2 aromatic carbocycles. The van der Waals surface area contributed by atoms with Gasteiger partial charge in [-0.15, -0.1) is 0 Å². The van der Waals surface area contributed by atoms with Gasteiger partial charge in [0.05, 0.1) is 11.6 Å². The Balaban J connectivity index is 2.36. The van der Waals surface area contributed by atoms with Crippen molar-refractivity contribution >= 4 is 11.6 Å². The fourth-order valence-corrected chi connectivity index (χ4v) is 1.98. The average Bonchev–Trinajstić information content (AvgIpc) is 2.48. The smallest absolute Gasteiger partial charge is 0.258 e. The third-order valence-corrected chi connectivity index (χ3v) is 2.94. The predicted octanol–water partition coefficient (Wildman–Crippen LogP) is 2.93. The van der Waals surface area contributed by atoms with E-state index in [1.165, 1.54) is 6.07 Å². The summed E-state index contributed by atoms with van der Waals surface area (Å²) >= 11 is 0. The van der Waals surface area contributed by atoms with E-state index >= 15 is 0 Å². The maximum absolute atomic E-state index is 12.5. The lowest BCUT2D eigenvalue weighted by atomic mass is 10.1. The number of carbonyl (C=O) groups excluding carboxylic acids is 1. The zero-order chi connectivity index (χ0) is 14.5. The van der Waals surface area contributed by atoms with Gasteiger partial charge in [0, 0.05) is 23.9 Å². The van der Waals surface area contributed by atoms with E-state index in [0.29, 0.717) is 23.4 Å². The van der Waals surface area contributed by atoms with Crippen LogP contribution >= 0.6 is 0 Å². The van der Waals surface area contributed by atoms with Gasteiger partial charge in [-0.05, 0) is 37.3 Å². The predicted molar refractivity (Wildman–Crippen MR) is 76.6 cm³/mol. The molecule has 0 atom stereocenters. The molecule has 0 radical (unpaired) electrons. The molecule has 0 spiro atoms. The Morgan fingerprint density at radius 2 is 2.00 bits per heavy atom. The van der Waals surface area contributed by atoms with Crippen LogP contribution in [0, 0.1) is 11.3 Å². The van der Waals surface area contributed by atoms with E-state index in [4.69, 9.17) is 5.26 Å². The number of nitriles is 1. The Hall–Kier alpha value is -2.80. The number of phenols is 1. The zero-order valence-electron chi connectivity index (χ0n) is 11.1. The number of hydrogen-bond donors (Lipinski definition) is 1. The van der Waals surface area contributed by atoms with E-state index < -0.39 is 0 Å². The number of benzene rings is 2. The van der Waals surface area contributed by atoms with Crippen LogP contribution in [-0.2, 0) is 0 Å². The van der Waals surface area contributed by atoms with Crippen molar-refractivity contribution in [3.8, 4) is 11.8 Å². The number of nitrogens with zero attached hydrogens (tertiary/aromatic N) is 2. The molecule has 1 N–H and O–H groups in total. The number of anilines is 1. The van der Waals surface area contributed by atoms with Crippen LogP contribution in [0.25, 0.3) is 0 Å². The molecular weight excluding hydrogens is 252 g/mol. The van der Waals surface area contributed by atoms with Crippen LogP contribution in [0.15, 0.2) is 48.5 Å². The highest BCUT2D eigenvalue weighted by Crippen LogP contribution is 2.22. The summed E-state index contributed by atoms with van der Waals surface area (Å²) in [6.07, 6.45) is 0. The summed E-state index contributed by atoms with van der Waals surface area (Å²) in [5, 5.41) is 18.4. The first-order valence-electron chi connectivity index (χ1n) is 6.26. The topological polar surface area (TPSA) is 64.3 Å². The van der Waals surface area contributed by atoms with Gasteiger partial charge >= 0.3 is 0 Å². The molecular formula is C16H14N2O2. The molecule has 100 valence electrons. The van der Waals surface area contributed by atoms with Gasteiger partial charge in [-0.1, -0.05) is 12.1 Å². The molecule has 0 bridgehead atoms. The SMILES string of the molecule is CCN(C(=O)c1cccc(C#N)c1)c1cccc(O)c1. The van der Waals surface area contributed by atoms with E-state index in [1.54, 1.807) is 47.4 Å². The van der Waals surface area contributed by atoms with Crippen molar-refractivity contribution in [1.82, 2.24) is 0 Å². The first-order valence-corrected chi connectivity index (χ1v) is 6.26. The Labute approximate surface area is 117 Å². The quantitative estimate of drug-likeness (QED) is 0.929. The van der Waals surface area contributed by atoms with Crippen molar-refractivity contribution < 1.29 is 9.90 Å². The van der Waals surface area contributed by atoms with Gasteiger partial charge in [0.25, 0.3) is 5.91 Å². The summed E-state index contributed by atoms with van der Waals surface area (Å²) in [4.78, 5) is 14.0. The highest BCUT2D eigenvalue weighted by Gasteiger charge is 2.16. The first-order chi connectivity index (χ1) is 9.65. The molecule has 0 aromatic heterocycles. The monoisotopic (exact) mass is 266 g/mol. The number of hydrogen-bond acceptors (Lipinski definition) is 3. The highest BCUT2D eigenvalue weighted by atomic mass is 16.3. The van der Waals surface area contributed by atoms with Gasteiger partial charge in [0.2, 0.25) is 0 Å². The fourth-order valence-electron chi connectivity index (χ4n) is 1.98. The standard InChI is InChI=1S/C16H14N2O2/c1-2-18(14-7-4-8-15(19)10-14)16(20)13-6-3-5-12(9-13)11-17/h3-10,19H,2H2,1H3. The lowest BCUT2D eigenvalue weighted by Crippen LogP contribution is -2.30. The Morgan fingerprint density at radius 1 is 1.25 bits per heavy atom. The minimum absolute atomic E-state index is 0.111. The van der Waals surface area contributed by atoms with Gasteiger partial charge in [-0.25, -0.2) is 0 Å². The van der Waals surface area contributed by atoms with Crippen LogP contribution in [-0.4, -0.2) is 17.6 Å². The van der Waals surface area contributed by atoms with E-state index in [2.05, 4.69) is 0 Å². The molecule has 0 aliphatic heterocycles. The van der Waals surface area contributed by atoms with Crippen LogP contribution in [0.1, 0.15) is 22.8 Å². The summed E-state index contributed by atoms with van der Waals surface area (Å²) in [7, 11) is 0. The zero-order valence-corrected chi connectivity index (χ0v) is 11.1. The molecule has 0 aliphatic carbocycles. The van der Waals surface area contributed by atoms with Crippen LogP contribution in [0.5, 0.6) is 5.75 Å². The van der Waals surface area contributed by atoms with Crippen molar-refractivity contribution in [3.63, 3.8) is 0 Å². The van der Waals surface area contributed by atoms with Crippen molar-refractivity contribution in [2.24, 2.45) is 0 Å². The molecule has 20 heavy (non-hydrogen) atoms. The van der Waals surface area contributed by atoms with Crippen molar-refractivity contribution in [2.75, 3.05) is 11.4 Å². The van der Waals surface area contributed by atoms with Crippen LogP contribution in [0.3, 0.4) is 0 Å². The maximum Gasteiger partial charge on any atom is 0.258 e. The summed E-state index contributed by atoms with van der Waals surface area (Å²) < 4.78 is 0. The van der Waals surface area contributed by atoms with Gasteiger partial charge in [-0.2, -0.15) is 5.26 Å². The van der Waals surface area contributed by atoms with Crippen LogP contribution in [0.2, 0.25) is 0 Å². The van der Waals surface area contributed by atoms with Gasteiger partial charge in [0.15, 0.2) is 0 Å². The van der Waals surface area contributed by atoms with Crippen LogP contribution in [0.4, 0.5) is 5.69 Å². The second-order valence-electron chi connectivity index (χ2n) is 4.26. The summed E-state index contributed by atoms with van der Waals surface area (Å²) in [5.41, 5.74) is 1.52. The van der Waals surface area contributed by atoms with Gasteiger partial charge in [0.1, 0.15) is 5.75 Å². The van der Waals surface area contributed by atoms with E-state index in [0.717, 1.165) is 0 Å². The minimum Gasteiger partial charge on any atom is -0.508 e. The second kappa shape index (κ2) is 5.89. The lowest BCUT2D eigenvalue weighted by Gasteiger charge is -2.21. The van der Waals surface area contributed by atoms with Crippen molar-refractivity contribution in [1.29, 1.82) is 5.26 Å². The third kappa shape index (κ3) is 2.78. The van der Waals surface area contributed by atoms with Crippen molar-refractivity contribution in [2.45, 2.75) is 6.92 Å². The average molecular weight is 266 g/mol. The molecule has 2 rings (SSSR count). The Kier molecular flexibility index (Phi) is 4.02. The van der Waals surface area contributed by atoms with Gasteiger partial charge < -0.3 is 10.0 Å². The highest BCUT2D eigenvalue weighted by molar-refractivity contribution is 6.06. The van der Waals surface area contributed by atoms with E-state index in [1.807, 2.05) is 13.0 Å². The number of amides is 1. The third-order valence-electron chi connectivity index (χ3n) is 2.94. The normalized spacial score (nSPS) is 9.80. The largest absolute Gasteiger partial charge is 0.508 e. The number of phenolic OH excluding ortho intramolecular Hbond substituents is 1. The molecule has 0 saturated heterocycles.